The fourth-order valence-electron chi connectivity index (χ4n) is 3.97. The minimum atomic E-state index is -1.32. The van der Waals surface area contributed by atoms with E-state index in [1.807, 2.05) is 0 Å². The summed E-state index contributed by atoms with van der Waals surface area (Å²) in [6.45, 7) is -0.377. The molecule has 0 aliphatic heterocycles. The van der Waals surface area contributed by atoms with E-state index in [9.17, 15) is 34.5 Å². The molecule has 2 aliphatic rings. The molecule has 0 unspecified atom stereocenters. The molecule has 156 valence electrons. The molecule has 0 spiro atoms. The lowest BCUT2D eigenvalue weighted by molar-refractivity contribution is -0.308. The number of nitrogens with two attached hydrogens (primary N) is 1. The molecular weight excluding hydrogens is 370 g/mol. The number of aliphatic hydroxyl groups is 2. The Hall–Kier alpha value is -2.46. The van der Waals surface area contributed by atoms with Gasteiger partial charge < -0.3 is 36.5 Å². The van der Waals surface area contributed by atoms with Gasteiger partial charge in [0.15, 0.2) is 0 Å². The molecule has 3 amide bonds. The Balaban J connectivity index is 2.05. The summed E-state index contributed by atoms with van der Waals surface area (Å²) >= 11 is 0. The van der Waals surface area contributed by atoms with Crippen molar-refractivity contribution in [1.29, 1.82) is 0 Å². The van der Waals surface area contributed by atoms with Gasteiger partial charge in [0, 0.05) is 24.4 Å². The monoisotopic (exact) mass is 396 g/mol. The van der Waals surface area contributed by atoms with Crippen LogP contribution in [0.1, 0.15) is 44.9 Å². The van der Waals surface area contributed by atoms with Crippen LogP contribution in [0.3, 0.4) is 0 Å². The van der Waals surface area contributed by atoms with Gasteiger partial charge in [0.2, 0.25) is 17.7 Å². The summed E-state index contributed by atoms with van der Waals surface area (Å²) in [6.07, 6.45) is 1.17. The molecule has 2 rings (SSSR count). The van der Waals surface area contributed by atoms with Crippen molar-refractivity contribution >= 4 is 23.7 Å². The van der Waals surface area contributed by atoms with Crippen LogP contribution in [0.15, 0.2) is 11.6 Å². The summed E-state index contributed by atoms with van der Waals surface area (Å²) in [4.78, 5) is 46.4. The second-order valence-electron chi connectivity index (χ2n) is 7.63. The average molecular weight is 396 g/mol. The minimum Gasteiger partial charge on any atom is -0.550 e. The highest BCUT2D eigenvalue weighted by atomic mass is 16.4. The molecule has 0 aromatic heterocycles. The second-order valence-corrected chi connectivity index (χ2v) is 7.63. The number of hydrogen-bond acceptors (Lipinski definition) is 7. The first-order valence-corrected chi connectivity index (χ1v) is 9.24. The molecule has 0 aromatic rings. The van der Waals surface area contributed by atoms with Gasteiger partial charge in [-0.25, -0.2) is 0 Å². The van der Waals surface area contributed by atoms with Gasteiger partial charge in [-0.2, -0.15) is 0 Å². The molecule has 1 saturated carbocycles. The van der Waals surface area contributed by atoms with E-state index in [4.69, 9.17) is 5.73 Å². The Morgan fingerprint density at radius 1 is 1.18 bits per heavy atom. The van der Waals surface area contributed by atoms with E-state index in [0.29, 0.717) is 12.8 Å². The van der Waals surface area contributed by atoms with Crippen LogP contribution in [0.25, 0.3) is 0 Å². The maximum absolute atomic E-state index is 12.5. The topological polar surface area (TPSA) is 182 Å². The summed E-state index contributed by atoms with van der Waals surface area (Å²) < 4.78 is 0. The van der Waals surface area contributed by atoms with Crippen molar-refractivity contribution in [2.24, 2.45) is 11.1 Å². The highest BCUT2D eigenvalue weighted by Crippen LogP contribution is 2.43. The predicted octanol–water partition coefficient (Wildman–Crippen LogP) is -2.78. The lowest BCUT2D eigenvalue weighted by atomic mass is 9.79. The third-order valence-electron chi connectivity index (χ3n) is 5.33. The van der Waals surface area contributed by atoms with Crippen molar-refractivity contribution < 1.29 is 34.5 Å². The zero-order chi connectivity index (χ0) is 20.9. The van der Waals surface area contributed by atoms with Gasteiger partial charge in [-0.15, -0.1) is 0 Å². The molecule has 1 fully saturated rings. The number of rotatable bonds is 8. The third-order valence-corrected chi connectivity index (χ3v) is 5.33. The normalized spacial score (nSPS) is 26.2. The lowest BCUT2D eigenvalue weighted by Gasteiger charge is -2.33. The van der Waals surface area contributed by atoms with E-state index in [0.717, 1.165) is 12.8 Å². The Labute approximate surface area is 162 Å². The summed E-state index contributed by atoms with van der Waals surface area (Å²) in [5.41, 5.74) is 4.40. The molecule has 10 nitrogen and oxygen atoms in total. The predicted molar refractivity (Wildman–Crippen MR) is 94.0 cm³/mol. The van der Waals surface area contributed by atoms with E-state index in [1.165, 1.54) is 6.08 Å². The van der Waals surface area contributed by atoms with Gasteiger partial charge in [0.1, 0.15) is 6.10 Å². The molecule has 3 atom stereocenters. The second kappa shape index (κ2) is 9.16. The van der Waals surface area contributed by atoms with Crippen LogP contribution < -0.4 is 21.5 Å². The summed E-state index contributed by atoms with van der Waals surface area (Å²) in [6, 6.07) is -1.02. The SMILES string of the molecule is NC(=O)CNC(=O)C1=C[C@@H](NC(=O)CC2(CC(=O)[O-])CCCC2)[C@@H](O)[C@H](O)C1. The first-order valence-electron chi connectivity index (χ1n) is 9.24. The summed E-state index contributed by atoms with van der Waals surface area (Å²) in [5.74, 6) is -3.05. The van der Waals surface area contributed by atoms with Crippen LogP contribution in [-0.4, -0.2) is 58.7 Å². The van der Waals surface area contributed by atoms with Gasteiger partial charge in [0.25, 0.3) is 0 Å². The van der Waals surface area contributed by atoms with Gasteiger partial charge in [0.05, 0.1) is 18.7 Å². The highest BCUT2D eigenvalue weighted by molar-refractivity contribution is 5.96. The molecule has 0 bridgehead atoms. The molecule has 28 heavy (non-hydrogen) atoms. The number of carboxylic acids is 1. The number of carbonyl (C=O) groups is 4. The average Bonchev–Trinajstić information content (AvgIpc) is 3.03. The fourth-order valence-corrected chi connectivity index (χ4v) is 3.97. The van der Waals surface area contributed by atoms with E-state index in [-0.39, 0.29) is 31.4 Å². The van der Waals surface area contributed by atoms with E-state index in [2.05, 4.69) is 10.6 Å². The summed E-state index contributed by atoms with van der Waals surface area (Å²) in [7, 11) is 0. The number of amides is 3. The maximum atomic E-state index is 12.5. The Morgan fingerprint density at radius 2 is 1.82 bits per heavy atom. The number of aliphatic carboxylic acids is 1. The number of nitrogens with one attached hydrogen (secondary N) is 2. The van der Waals surface area contributed by atoms with Gasteiger partial charge >= 0.3 is 0 Å². The molecular formula is C18H26N3O7-. The number of hydrogen-bond donors (Lipinski definition) is 5. The highest BCUT2D eigenvalue weighted by Gasteiger charge is 2.38. The van der Waals surface area contributed by atoms with Crippen LogP contribution in [-0.2, 0) is 19.2 Å². The van der Waals surface area contributed by atoms with Crippen LogP contribution >= 0.6 is 0 Å². The maximum Gasteiger partial charge on any atom is 0.247 e. The molecule has 6 N–H and O–H groups in total. The number of carbonyl (C=O) groups excluding carboxylic acids is 4. The Bertz CT molecular complexity index is 670. The zero-order valence-corrected chi connectivity index (χ0v) is 15.5. The van der Waals surface area contributed by atoms with Crippen molar-refractivity contribution in [3.8, 4) is 0 Å². The molecule has 0 radical (unpaired) electrons. The van der Waals surface area contributed by atoms with E-state index in [1.54, 1.807) is 0 Å². The van der Waals surface area contributed by atoms with Crippen LogP contribution in [0, 0.1) is 5.41 Å². The standard InChI is InChI=1S/C18H27N3O7/c19-13(23)9-20-17(28)10-5-11(16(27)12(22)6-10)21-14(24)7-18(8-15(25)26)3-1-2-4-18/h5,11-12,16,22,27H,1-4,6-9H2,(H2,19,23)(H,20,28)(H,21,24)(H,25,26)/p-1/t11-,12-,16-/m1/s1. The van der Waals surface area contributed by atoms with Crippen molar-refractivity contribution in [3.05, 3.63) is 11.6 Å². The Kier molecular flexibility index (Phi) is 7.14. The van der Waals surface area contributed by atoms with Crippen molar-refractivity contribution in [2.45, 2.75) is 63.2 Å². The van der Waals surface area contributed by atoms with E-state index < -0.39 is 47.4 Å². The quantitative estimate of drug-likeness (QED) is 0.294. The summed E-state index contributed by atoms with van der Waals surface area (Å²) in [5, 5.41) is 36.1. The molecule has 10 heteroatoms. The largest absolute Gasteiger partial charge is 0.550 e. The van der Waals surface area contributed by atoms with Crippen LogP contribution in [0.5, 0.6) is 0 Å². The van der Waals surface area contributed by atoms with E-state index >= 15 is 0 Å². The molecule has 0 aromatic carbocycles. The van der Waals surface area contributed by atoms with Crippen molar-refractivity contribution in [1.82, 2.24) is 10.6 Å². The van der Waals surface area contributed by atoms with Crippen LogP contribution in [0.2, 0.25) is 0 Å². The lowest BCUT2D eigenvalue weighted by Crippen LogP contribution is -2.51. The number of primary amides is 1. The first-order chi connectivity index (χ1) is 13.1. The van der Waals surface area contributed by atoms with Gasteiger partial charge in [-0.05, 0) is 24.7 Å². The van der Waals surface area contributed by atoms with Gasteiger partial charge in [-0.1, -0.05) is 18.9 Å². The molecule has 2 aliphatic carbocycles. The fraction of sp³-hybridized carbons (Fsp3) is 0.667. The third kappa shape index (κ3) is 5.77. The minimum absolute atomic E-state index is 0.0443. The van der Waals surface area contributed by atoms with Crippen LogP contribution in [0.4, 0.5) is 0 Å². The van der Waals surface area contributed by atoms with Crippen molar-refractivity contribution in [3.63, 3.8) is 0 Å². The number of carboxylic acid groups (broad SMARTS) is 1. The number of aliphatic hydroxyl groups excluding tert-OH is 2. The zero-order valence-electron chi connectivity index (χ0n) is 15.5. The van der Waals surface area contributed by atoms with Gasteiger partial charge in [-0.3, -0.25) is 14.4 Å². The first kappa shape index (κ1) is 21.8. The van der Waals surface area contributed by atoms with Crippen molar-refractivity contribution in [2.75, 3.05) is 6.54 Å². The molecule has 0 heterocycles. The Morgan fingerprint density at radius 3 is 2.39 bits per heavy atom. The smallest absolute Gasteiger partial charge is 0.247 e. The molecule has 0 saturated heterocycles.